The van der Waals surface area contributed by atoms with Crippen molar-refractivity contribution in [2.24, 2.45) is 5.92 Å². The minimum Gasteiger partial charge on any atom is -0.316 e. The number of thiazole rings is 2. The van der Waals surface area contributed by atoms with E-state index in [1.165, 1.54) is 52.8 Å². The van der Waals surface area contributed by atoms with Crippen LogP contribution < -0.4 is 5.32 Å². The molecule has 1 aliphatic carbocycles. The molecule has 2 aromatic heterocycles. The Morgan fingerprint density at radius 1 is 1.26 bits per heavy atom. The van der Waals surface area contributed by atoms with E-state index in [9.17, 15) is 0 Å². The average molecular weight is 349 g/mol. The Labute approximate surface area is 146 Å². The lowest BCUT2D eigenvalue weighted by Crippen LogP contribution is -2.29. The first-order valence-electron chi connectivity index (χ1n) is 8.54. The summed E-state index contributed by atoms with van der Waals surface area (Å²) in [5.41, 5.74) is 3.16. The standard InChI is InChI=1S/C17H24N4S2/c1-12-16(22-11-20-12)10-21(8-13-4-5-18-6-13)9-15-7-19-17(23-15)14-2-3-14/h7,11,13-14,18H,2-6,8-10H2,1H3/t13-/m1/s1. The molecule has 1 N–H and O–H groups in total. The zero-order chi connectivity index (χ0) is 15.6. The fourth-order valence-electron chi connectivity index (χ4n) is 3.24. The van der Waals surface area contributed by atoms with Gasteiger partial charge >= 0.3 is 0 Å². The SMILES string of the molecule is Cc1ncsc1CN(Cc1cnc(C2CC2)s1)C[C@@H]1CCNC1. The van der Waals surface area contributed by atoms with E-state index in [0.29, 0.717) is 0 Å². The van der Waals surface area contributed by atoms with Crippen LogP contribution in [0.4, 0.5) is 0 Å². The number of hydrogen-bond donors (Lipinski definition) is 1. The predicted octanol–water partition coefficient (Wildman–Crippen LogP) is 3.40. The third-order valence-electron chi connectivity index (χ3n) is 4.77. The molecule has 0 amide bonds. The smallest absolute Gasteiger partial charge is 0.0959 e. The van der Waals surface area contributed by atoms with Crippen LogP contribution in [-0.4, -0.2) is 34.5 Å². The highest BCUT2D eigenvalue weighted by molar-refractivity contribution is 7.11. The van der Waals surface area contributed by atoms with E-state index in [4.69, 9.17) is 0 Å². The van der Waals surface area contributed by atoms with Gasteiger partial charge in [-0.05, 0) is 45.2 Å². The molecule has 1 atom stereocenters. The van der Waals surface area contributed by atoms with Crippen molar-refractivity contribution in [3.63, 3.8) is 0 Å². The first-order valence-corrected chi connectivity index (χ1v) is 10.2. The van der Waals surface area contributed by atoms with Gasteiger partial charge in [0.15, 0.2) is 0 Å². The first-order chi connectivity index (χ1) is 11.3. The number of aryl methyl sites for hydroxylation is 1. The second-order valence-electron chi connectivity index (χ2n) is 6.83. The lowest BCUT2D eigenvalue weighted by Gasteiger charge is -2.24. The predicted molar refractivity (Wildman–Crippen MR) is 96.0 cm³/mol. The third kappa shape index (κ3) is 3.99. The fourth-order valence-corrected chi connectivity index (χ4v) is 5.18. The molecule has 0 bridgehead atoms. The highest BCUT2D eigenvalue weighted by Gasteiger charge is 2.27. The Kier molecular flexibility index (Phi) is 4.76. The van der Waals surface area contributed by atoms with Gasteiger partial charge in [-0.1, -0.05) is 0 Å². The molecule has 4 rings (SSSR count). The van der Waals surface area contributed by atoms with Gasteiger partial charge < -0.3 is 5.32 Å². The summed E-state index contributed by atoms with van der Waals surface area (Å²) in [6, 6.07) is 0. The third-order valence-corrected chi connectivity index (χ3v) is 6.83. The summed E-state index contributed by atoms with van der Waals surface area (Å²) in [5.74, 6) is 1.55. The molecule has 0 aromatic carbocycles. The minimum absolute atomic E-state index is 0.768. The first kappa shape index (κ1) is 15.7. The lowest BCUT2D eigenvalue weighted by atomic mass is 10.1. The lowest BCUT2D eigenvalue weighted by molar-refractivity contribution is 0.224. The highest BCUT2D eigenvalue weighted by atomic mass is 32.1. The summed E-state index contributed by atoms with van der Waals surface area (Å²) < 4.78 is 0. The van der Waals surface area contributed by atoms with Crippen LogP contribution in [0.1, 0.15) is 45.6 Å². The van der Waals surface area contributed by atoms with Gasteiger partial charge in [-0.15, -0.1) is 22.7 Å². The average Bonchev–Trinajstić information content (AvgIpc) is 2.91. The molecule has 124 valence electrons. The van der Waals surface area contributed by atoms with E-state index in [-0.39, 0.29) is 0 Å². The van der Waals surface area contributed by atoms with Crippen LogP contribution in [0.5, 0.6) is 0 Å². The van der Waals surface area contributed by atoms with Crippen LogP contribution in [0.15, 0.2) is 11.7 Å². The molecule has 4 nitrogen and oxygen atoms in total. The van der Waals surface area contributed by atoms with Crippen LogP contribution in [0.3, 0.4) is 0 Å². The Balaban J connectivity index is 1.44. The summed E-state index contributed by atoms with van der Waals surface area (Å²) in [6.07, 6.45) is 6.08. The van der Waals surface area contributed by atoms with E-state index in [1.54, 1.807) is 11.3 Å². The molecule has 2 aromatic rings. The van der Waals surface area contributed by atoms with Gasteiger partial charge in [0.05, 0.1) is 16.2 Å². The molecule has 1 saturated carbocycles. The molecule has 1 saturated heterocycles. The Morgan fingerprint density at radius 3 is 2.87 bits per heavy atom. The Bertz CT molecular complexity index is 641. The molecule has 1 aliphatic heterocycles. The largest absolute Gasteiger partial charge is 0.316 e. The van der Waals surface area contributed by atoms with Gasteiger partial charge in [0, 0.05) is 41.5 Å². The van der Waals surface area contributed by atoms with Gasteiger partial charge in [-0.3, -0.25) is 4.90 Å². The van der Waals surface area contributed by atoms with E-state index in [1.807, 2.05) is 16.8 Å². The second-order valence-corrected chi connectivity index (χ2v) is 8.91. The maximum Gasteiger partial charge on any atom is 0.0959 e. The van der Waals surface area contributed by atoms with Gasteiger partial charge in [0.1, 0.15) is 0 Å². The zero-order valence-electron chi connectivity index (χ0n) is 13.6. The normalized spacial score (nSPS) is 21.4. The van der Waals surface area contributed by atoms with Crippen molar-refractivity contribution in [1.29, 1.82) is 0 Å². The minimum atomic E-state index is 0.768. The second kappa shape index (κ2) is 6.97. The molecular weight excluding hydrogens is 324 g/mol. The molecule has 23 heavy (non-hydrogen) atoms. The van der Waals surface area contributed by atoms with Crippen molar-refractivity contribution in [3.8, 4) is 0 Å². The quantitative estimate of drug-likeness (QED) is 0.833. The van der Waals surface area contributed by atoms with Crippen LogP contribution in [-0.2, 0) is 13.1 Å². The molecule has 2 aliphatic rings. The summed E-state index contributed by atoms with van der Waals surface area (Å²) in [6.45, 7) is 7.67. The van der Waals surface area contributed by atoms with Crippen LogP contribution in [0.25, 0.3) is 0 Å². The van der Waals surface area contributed by atoms with E-state index in [2.05, 4.69) is 33.3 Å². The van der Waals surface area contributed by atoms with Crippen molar-refractivity contribution in [1.82, 2.24) is 20.2 Å². The van der Waals surface area contributed by atoms with Gasteiger partial charge in [-0.2, -0.15) is 0 Å². The van der Waals surface area contributed by atoms with Crippen molar-refractivity contribution in [2.75, 3.05) is 19.6 Å². The molecule has 0 unspecified atom stereocenters. The van der Waals surface area contributed by atoms with E-state index < -0.39 is 0 Å². The van der Waals surface area contributed by atoms with Crippen LogP contribution in [0.2, 0.25) is 0 Å². The van der Waals surface area contributed by atoms with Crippen molar-refractivity contribution >= 4 is 22.7 Å². The number of nitrogens with one attached hydrogen (secondary N) is 1. The fraction of sp³-hybridized carbons (Fsp3) is 0.647. The number of nitrogens with zero attached hydrogens (tertiary/aromatic N) is 3. The maximum absolute atomic E-state index is 4.65. The molecule has 2 fully saturated rings. The molecule has 0 radical (unpaired) electrons. The summed E-state index contributed by atoms with van der Waals surface area (Å²) in [4.78, 5) is 14.5. The number of hydrogen-bond acceptors (Lipinski definition) is 6. The van der Waals surface area contributed by atoms with Crippen molar-refractivity contribution in [2.45, 2.75) is 45.2 Å². The van der Waals surface area contributed by atoms with Crippen LogP contribution in [0, 0.1) is 12.8 Å². The summed E-state index contributed by atoms with van der Waals surface area (Å²) in [7, 11) is 0. The molecular formula is C17H24N4S2. The monoisotopic (exact) mass is 348 g/mol. The molecule has 6 heteroatoms. The van der Waals surface area contributed by atoms with E-state index >= 15 is 0 Å². The van der Waals surface area contributed by atoms with E-state index in [0.717, 1.165) is 31.5 Å². The zero-order valence-corrected chi connectivity index (χ0v) is 15.3. The maximum atomic E-state index is 4.65. The number of aromatic nitrogens is 2. The van der Waals surface area contributed by atoms with Gasteiger partial charge in [-0.25, -0.2) is 9.97 Å². The van der Waals surface area contributed by atoms with Crippen molar-refractivity contribution in [3.05, 3.63) is 32.2 Å². The van der Waals surface area contributed by atoms with Gasteiger partial charge in [0.2, 0.25) is 0 Å². The Hall–Kier alpha value is -0.820. The summed E-state index contributed by atoms with van der Waals surface area (Å²) >= 11 is 3.71. The highest BCUT2D eigenvalue weighted by Crippen LogP contribution is 2.42. The topological polar surface area (TPSA) is 41.1 Å². The Morgan fingerprint density at radius 2 is 2.17 bits per heavy atom. The van der Waals surface area contributed by atoms with Crippen LogP contribution >= 0.6 is 22.7 Å². The van der Waals surface area contributed by atoms with Crippen molar-refractivity contribution < 1.29 is 0 Å². The van der Waals surface area contributed by atoms with Gasteiger partial charge in [0.25, 0.3) is 0 Å². The molecule has 3 heterocycles. The molecule has 0 spiro atoms. The number of rotatable bonds is 7. The summed E-state index contributed by atoms with van der Waals surface area (Å²) in [5, 5.41) is 4.85.